The smallest absolute Gasteiger partial charge is 0.146 e. The number of nitrogens with two attached hydrogens (primary N) is 2. The van der Waals surface area contributed by atoms with Crippen LogP contribution in [-0.4, -0.2) is 41.9 Å². The molecule has 0 saturated heterocycles. The Morgan fingerprint density at radius 1 is 1.12 bits per heavy atom. The lowest BCUT2D eigenvalue weighted by Gasteiger charge is -2.21. The first-order chi connectivity index (χ1) is 15.3. The lowest BCUT2D eigenvalue weighted by atomic mass is 9.91. The molecule has 1 aliphatic rings. The molecule has 32 heavy (non-hydrogen) atoms. The summed E-state index contributed by atoms with van der Waals surface area (Å²) >= 11 is 3.41. The fourth-order valence-corrected chi connectivity index (χ4v) is 4.85. The molecule has 3 heterocycles. The van der Waals surface area contributed by atoms with Gasteiger partial charge in [-0.05, 0) is 57.6 Å². The van der Waals surface area contributed by atoms with Crippen LogP contribution in [0.1, 0.15) is 18.5 Å². The maximum atomic E-state index is 10.8. The maximum absolute atomic E-state index is 10.8. The number of hydrogen-bond donors (Lipinski definition) is 4. The highest BCUT2D eigenvalue weighted by Crippen LogP contribution is 2.37. The van der Waals surface area contributed by atoms with E-state index in [-0.39, 0.29) is 5.92 Å². The fourth-order valence-electron chi connectivity index (χ4n) is 4.51. The van der Waals surface area contributed by atoms with Crippen LogP contribution in [0.25, 0.3) is 21.9 Å². The number of hydrogen-bond acceptors (Lipinski definition) is 7. The zero-order valence-electron chi connectivity index (χ0n) is 17.4. The number of halogens is 1. The number of aromatic nitrogens is 4. The van der Waals surface area contributed by atoms with Crippen molar-refractivity contribution in [2.24, 2.45) is 5.92 Å². The van der Waals surface area contributed by atoms with E-state index in [1.165, 1.54) is 6.33 Å². The van der Waals surface area contributed by atoms with E-state index < -0.39 is 18.2 Å². The number of anilines is 2. The van der Waals surface area contributed by atoms with E-state index >= 15 is 0 Å². The van der Waals surface area contributed by atoms with E-state index in [9.17, 15) is 10.2 Å². The molecular formula is C23H23BrN6O2. The van der Waals surface area contributed by atoms with Gasteiger partial charge in [-0.1, -0.05) is 25.1 Å². The largest absolute Gasteiger partial charge is 0.388 e. The molecule has 9 heteroatoms. The molecule has 164 valence electrons. The molecule has 0 spiro atoms. The van der Waals surface area contributed by atoms with Crippen LogP contribution in [0.5, 0.6) is 0 Å². The molecule has 0 fully saturated rings. The van der Waals surface area contributed by atoms with Crippen molar-refractivity contribution in [1.82, 2.24) is 19.5 Å². The van der Waals surface area contributed by atoms with E-state index in [1.54, 1.807) is 0 Å². The Kier molecular flexibility index (Phi) is 5.11. The standard InChI is InChI=1S/C23H23BrN6O2/c1-11(6-12-2-3-13-8-16(24)22(26)29-17(13)7-12)15-9-18(20(32)19(15)31)30-5-4-14-21(25)27-10-28-23(14)30/h2-5,7-11,18-20,31-32H,6H2,1H3,(H2,26,29)(H2,25,27,28)/t11?,18-,19-,20+/m1/s1. The van der Waals surface area contributed by atoms with Crippen LogP contribution in [0.4, 0.5) is 11.6 Å². The van der Waals surface area contributed by atoms with Crippen LogP contribution >= 0.6 is 15.9 Å². The third kappa shape index (κ3) is 3.42. The van der Waals surface area contributed by atoms with Crippen molar-refractivity contribution < 1.29 is 10.2 Å². The molecule has 0 saturated carbocycles. The van der Waals surface area contributed by atoms with Crippen molar-refractivity contribution in [3.05, 3.63) is 64.5 Å². The summed E-state index contributed by atoms with van der Waals surface area (Å²) in [5, 5.41) is 23.4. The molecule has 1 unspecified atom stereocenters. The highest BCUT2D eigenvalue weighted by atomic mass is 79.9. The molecule has 3 aromatic heterocycles. The van der Waals surface area contributed by atoms with E-state index in [0.29, 0.717) is 23.7 Å². The Hall–Kier alpha value is -3.01. The number of fused-ring (bicyclic) bond motifs is 2. The third-order valence-corrected chi connectivity index (χ3v) is 6.85. The molecule has 0 bridgehead atoms. The van der Waals surface area contributed by atoms with Crippen LogP contribution < -0.4 is 11.5 Å². The normalized spacial score (nSPS) is 21.9. The molecule has 1 aliphatic carbocycles. The van der Waals surface area contributed by atoms with Crippen molar-refractivity contribution >= 4 is 49.5 Å². The highest BCUT2D eigenvalue weighted by Gasteiger charge is 2.38. The minimum absolute atomic E-state index is 0.0106. The number of pyridine rings is 1. The zero-order valence-corrected chi connectivity index (χ0v) is 18.9. The lowest BCUT2D eigenvalue weighted by Crippen LogP contribution is -2.30. The number of aliphatic hydroxyl groups excluding tert-OH is 2. The number of nitrogens with zero attached hydrogens (tertiary/aromatic N) is 4. The van der Waals surface area contributed by atoms with Crippen LogP contribution in [0, 0.1) is 5.92 Å². The number of benzene rings is 1. The molecule has 0 aliphatic heterocycles. The average molecular weight is 495 g/mol. The first-order valence-corrected chi connectivity index (χ1v) is 11.1. The van der Waals surface area contributed by atoms with Gasteiger partial charge in [-0.2, -0.15) is 0 Å². The molecular weight excluding hydrogens is 472 g/mol. The van der Waals surface area contributed by atoms with Gasteiger partial charge in [0.2, 0.25) is 0 Å². The maximum Gasteiger partial charge on any atom is 0.146 e. The summed E-state index contributed by atoms with van der Waals surface area (Å²) in [6, 6.07) is 9.42. The van der Waals surface area contributed by atoms with E-state index in [0.717, 1.165) is 31.9 Å². The van der Waals surface area contributed by atoms with Crippen molar-refractivity contribution in [2.75, 3.05) is 11.5 Å². The quantitative estimate of drug-likeness (QED) is 0.320. The van der Waals surface area contributed by atoms with Gasteiger partial charge in [0.15, 0.2) is 0 Å². The lowest BCUT2D eigenvalue weighted by molar-refractivity contribution is 0.0293. The molecule has 4 aromatic rings. The molecule has 8 nitrogen and oxygen atoms in total. The molecule has 4 atom stereocenters. The topological polar surface area (TPSA) is 136 Å². The first-order valence-electron chi connectivity index (χ1n) is 10.3. The Bertz CT molecular complexity index is 1370. The number of aliphatic hydroxyl groups is 2. The Labute approximate surface area is 192 Å². The summed E-state index contributed by atoms with van der Waals surface area (Å²) in [5.74, 6) is 0.847. The molecule has 5 rings (SSSR count). The molecule has 0 amide bonds. The summed E-state index contributed by atoms with van der Waals surface area (Å²) in [6.07, 6.45) is 3.91. The molecule has 1 aromatic carbocycles. The van der Waals surface area contributed by atoms with Gasteiger partial charge in [0.25, 0.3) is 0 Å². The van der Waals surface area contributed by atoms with Gasteiger partial charge >= 0.3 is 0 Å². The van der Waals surface area contributed by atoms with Crippen LogP contribution in [0.2, 0.25) is 0 Å². The summed E-state index contributed by atoms with van der Waals surface area (Å²) in [7, 11) is 0. The van der Waals surface area contributed by atoms with Crippen LogP contribution in [0.15, 0.2) is 59.0 Å². The van der Waals surface area contributed by atoms with Crippen LogP contribution in [-0.2, 0) is 6.42 Å². The SMILES string of the molecule is CC(Cc1ccc2cc(Br)c(N)nc2c1)C1=C[C@@H](n2ccc3c(N)ncnc32)[C@H](O)[C@@H]1O. The average Bonchev–Trinajstić information content (AvgIpc) is 3.31. The monoisotopic (exact) mass is 494 g/mol. The number of rotatable bonds is 4. The van der Waals surface area contributed by atoms with Crippen molar-refractivity contribution in [1.29, 1.82) is 0 Å². The van der Waals surface area contributed by atoms with Crippen molar-refractivity contribution in [2.45, 2.75) is 31.6 Å². The van der Waals surface area contributed by atoms with Crippen LogP contribution in [0.3, 0.4) is 0 Å². The molecule has 0 radical (unpaired) electrons. The predicted molar refractivity (Wildman–Crippen MR) is 128 cm³/mol. The Morgan fingerprint density at radius 3 is 2.75 bits per heavy atom. The van der Waals surface area contributed by atoms with E-state index in [1.807, 2.05) is 48.0 Å². The predicted octanol–water partition coefficient (Wildman–Crippen LogP) is 2.99. The van der Waals surface area contributed by atoms with Gasteiger partial charge < -0.3 is 26.2 Å². The van der Waals surface area contributed by atoms with Gasteiger partial charge in [0.1, 0.15) is 35.8 Å². The zero-order chi connectivity index (χ0) is 22.6. The van der Waals surface area contributed by atoms with Crippen molar-refractivity contribution in [3.63, 3.8) is 0 Å². The van der Waals surface area contributed by atoms with Gasteiger partial charge in [0, 0.05) is 11.6 Å². The second kappa shape index (κ2) is 7.84. The van der Waals surface area contributed by atoms with Gasteiger partial charge in [-0.3, -0.25) is 0 Å². The number of nitrogen functional groups attached to an aromatic ring is 2. The summed E-state index contributed by atoms with van der Waals surface area (Å²) in [6.45, 7) is 2.05. The Balaban J connectivity index is 1.44. The summed E-state index contributed by atoms with van der Waals surface area (Å²) < 4.78 is 2.61. The summed E-state index contributed by atoms with van der Waals surface area (Å²) in [4.78, 5) is 12.8. The van der Waals surface area contributed by atoms with E-state index in [2.05, 4.69) is 36.9 Å². The van der Waals surface area contributed by atoms with E-state index in [4.69, 9.17) is 11.5 Å². The van der Waals surface area contributed by atoms with Gasteiger partial charge in [-0.15, -0.1) is 0 Å². The van der Waals surface area contributed by atoms with Crippen molar-refractivity contribution in [3.8, 4) is 0 Å². The third-order valence-electron chi connectivity index (χ3n) is 6.21. The second-order valence-electron chi connectivity index (χ2n) is 8.30. The first kappa shape index (κ1) is 20.9. The minimum atomic E-state index is -0.977. The Morgan fingerprint density at radius 2 is 1.94 bits per heavy atom. The summed E-state index contributed by atoms with van der Waals surface area (Å²) in [5.41, 5.74) is 15.2. The van der Waals surface area contributed by atoms with Gasteiger partial charge in [-0.25, -0.2) is 15.0 Å². The highest BCUT2D eigenvalue weighted by molar-refractivity contribution is 9.10. The molecule has 6 N–H and O–H groups in total. The van der Waals surface area contributed by atoms with Gasteiger partial charge in [0.05, 0.1) is 21.4 Å². The minimum Gasteiger partial charge on any atom is -0.388 e. The fraction of sp³-hybridized carbons (Fsp3) is 0.261. The second-order valence-corrected chi connectivity index (χ2v) is 9.15.